The van der Waals surface area contributed by atoms with Gasteiger partial charge in [0.25, 0.3) is 11.8 Å². The number of benzene rings is 1. The third-order valence-electron chi connectivity index (χ3n) is 8.42. The molecule has 52 heavy (non-hydrogen) atoms. The van der Waals surface area contributed by atoms with Crippen LogP contribution >= 0.6 is 0 Å². The maximum absolute atomic E-state index is 13.5. The van der Waals surface area contributed by atoms with Crippen molar-refractivity contribution in [1.29, 1.82) is 0 Å². The summed E-state index contributed by atoms with van der Waals surface area (Å²) in [6.07, 6.45) is -3.62. The van der Waals surface area contributed by atoms with Crippen LogP contribution in [0.2, 0.25) is 0 Å². The molecule has 3 N–H and O–H groups in total. The lowest BCUT2D eigenvalue weighted by atomic mass is 10.1. The molecule has 2 atom stereocenters. The van der Waals surface area contributed by atoms with Crippen LogP contribution in [0.5, 0.6) is 5.88 Å². The summed E-state index contributed by atoms with van der Waals surface area (Å²) in [5.41, 5.74) is 0.198. The quantitative estimate of drug-likeness (QED) is 0.228. The zero-order chi connectivity index (χ0) is 37.8. The number of aliphatic carboxylic acids is 1. The summed E-state index contributed by atoms with van der Waals surface area (Å²) < 4.78 is 50.1. The van der Waals surface area contributed by atoms with Crippen LogP contribution in [0.15, 0.2) is 36.4 Å². The van der Waals surface area contributed by atoms with Crippen molar-refractivity contribution >= 4 is 35.7 Å². The fraction of sp³-hybridized carbons (Fsp3) is 0.545. The van der Waals surface area contributed by atoms with Crippen molar-refractivity contribution in [2.45, 2.75) is 63.7 Å². The molecule has 1 aromatic heterocycles. The first kappa shape index (κ1) is 39.4. The van der Waals surface area contributed by atoms with Gasteiger partial charge in [0.15, 0.2) is 12.3 Å². The summed E-state index contributed by atoms with van der Waals surface area (Å²) in [6, 6.07) is 7.24. The average molecular weight is 738 g/mol. The minimum atomic E-state index is -4.62. The molecular formula is C33H42F3N7O9. The highest BCUT2D eigenvalue weighted by Crippen LogP contribution is 2.23. The second-order valence-corrected chi connectivity index (χ2v) is 12.2. The van der Waals surface area contributed by atoms with Gasteiger partial charge in [-0.2, -0.15) is 18.3 Å². The number of amides is 5. The maximum Gasteiger partial charge on any atom is 0.409 e. The van der Waals surface area contributed by atoms with Gasteiger partial charge in [0.05, 0.1) is 12.3 Å². The maximum atomic E-state index is 13.5. The lowest BCUT2D eigenvalue weighted by molar-refractivity contribution is -0.145. The number of carboxylic acid groups (broad SMARTS) is 1. The van der Waals surface area contributed by atoms with Crippen LogP contribution in [-0.2, 0) is 23.9 Å². The van der Waals surface area contributed by atoms with Gasteiger partial charge in [-0.25, -0.2) is 9.48 Å². The van der Waals surface area contributed by atoms with Gasteiger partial charge in [0, 0.05) is 45.2 Å². The van der Waals surface area contributed by atoms with E-state index in [9.17, 15) is 47.0 Å². The van der Waals surface area contributed by atoms with E-state index >= 15 is 0 Å². The van der Waals surface area contributed by atoms with Crippen LogP contribution in [0.1, 0.15) is 55.9 Å². The number of ether oxygens (including phenoxy) is 2. The Kier molecular flexibility index (Phi) is 13.8. The SMILES string of the molecule is CCCCOC(=O)N1CCN(C(=O)[C@H](CCC(=O)O)NC(=O)c2cc(OCC(=O)N3CCC[C@H]3C(=O)NCC(F)(F)F)n(-c3ccccc3)n2)CC1. The first-order valence-corrected chi connectivity index (χ1v) is 16.9. The Bertz CT molecular complexity index is 1580. The number of hydrogen-bond acceptors (Lipinski definition) is 9. The number of carbonyl (C=O) groups is 6. The summed E-state index contributed by atoms with van der Waals surface area (Å²) in [4.78, 5) is 80.4. The molecule has 4 rings (SSSR count). The van der Waals surface area contributed by atoms with Crippen LogP contribution in [0, 0.1) is 0 Å². The van der Waals surface area contributed by atoms with Gasteiger partial charge in [-0.1, -0.05) is 31.5 Å². The Morgan fingerprint density at radius 2 is 1.71 bits per heavy atom. The molecule has 0 aliphatic carbocycles. The number of hydrogen-bond donors (Lipinski definition) is 3. The molecule has 284 valence electrons. The second kappa shape index (κ2) is 18.2. The number of nitrogens with zero attached hydrogens (tertiary/aromatic N) is 5. The van der Waals surface area contributed by atoms with E-state index < -0.39 is 73.5 Å². The monoisotopic (exact) mass is 737 g/mol. The third kappa shape index (κ3) is 11.1. The van der Waals surface area contributed by atoms with E-state index in [1.807, 2.05) is 6.92 Å². The van der Waals surface area contributed by atoms with Gasteiger partial charge in [0.2, 0.25) is 17.7 Å². The molecule has 2 aliphatic heterocycles. The highest BCUT2D eigenvalue weighted by atomic mass is 19.4. The van der Waals surface area contributed by atoms with Crippen molar-refractivity contribution in [1.82, 2.24) is 35.1 Å². The number of carbonyl (C=O) groups excluding carboxylic acids is 5. The summed E-state index contributed by atoms with van der Waals surface area (Å²) in [5.74, 6) is -4.25. The molecule has 2 aromatic rings. The normalized spacial score (nSPS) is 16.6. The zero-order valence-electron chi connectivity index (χ0n) is 28.6. The number of rotatable bonds is 15. The van der Waals surface area contributed by atoms with Gasteiger partial charge in [-0.05, 0) is 37.8 Å². The smallest absolute Gasteiger partial charge is 0.409 e. The molecule has 0 unspecified atom stereocenters. The predicted molar refractivity (Wildman–Crippen MR) is 175 cm³/mol. The van der Waals surface area contributed by atoms with Gasteiger partial charge in [0.1, 0.15) is 18.6 Å². The largest absolute Gasteiger partial charge is 0.481 e. The zero-order valence-corrected chi connectivity index (χ0v) is 28.6. The van der Waals surface area contributed by atoms with Crippen molar-refractivity contribution < 1.29 is 56.5 Å². The van der Waals surface area contributed by atoms with Crippen molar-refractivity contribution in [2.75, 3.05) is 52.5 Å². The molecule has 0 bridgehead atoms. The van der Waals surface area contributed by atoms with E-state index in [0.29, 0.717) is 12.1 Å². The number of aromatic nitrogens is 2. The number of carboxylic acids is 1. The van der Waals surface area contributed by atoms with E-state index in [4.69, 9.17) is 9.47 Å². The van der Waals surface area contributed by atoms with Crippen LogP contribution < -0.4 is 15.4 Å². The van der Waals surface area contributed by atoms with Gasteiger partial charge < -0.3 is 39.9 Å². The van der Waals surface area contributed by atoms with E-state index in [2.05, 4.69) is 10.4 Å². The van der Waals surface area contributed by atoms with Crippen molar-refractivity contribution in [2.24, 2.45) is 0 Å². The van der Waals surface area contributed by atoms with Crippen molar-refractivity contribution in [3.05, 3.63) is 42.1 Å². The van der Waals surface area contributed by atoms with Crippen molar-refractivity contribution in [3.8, 4) is 11.6 Å². The lowest BCUT2D eigenvalue weighted by Gasteiger charge is -2.36. The number of halogens is 3. The van der Waals surface area contributed by atoms with Gasteiger partial charge >= 0.3 is 18.2 Å². The molecule has 3 heterocycles. The Hall–Kier alpha value is -5.36. The van der Waals surface area contributed by atoms with Gasteiger partial charge in [-0.3, -0.25) is 24.0 Å². The Balaban J connectivity index is 1.45. The number of para-hydroxylation sites is 1. The second-order valence-electron chi connectivity index (χ2n) is 12.2. The molecule has 2 fully saturated rings. The number of piperazine rings is 1. The van der Waals surface area contributed by atoms with E-state index in [-0.39, 0.29) is 63.7 Å². The molecule has 1 aromatic carbocycles. The fourth-order valence-corrected chi connectivity index (χ4v) is 5.68. The van der Waals surface area contributed by atoms with Gasteiger partial charge in [-0.15, -0.1) is 0 Å². The molecule has 0 radical (unpaired) electrons. The number of likely N-dealkylation sites (tertiary alicyclic amines) is 1. The summed E-state index contributed by atoms with van der Waals surface area (Å²) in [5, 5.41) is 18.0. The van der Waals surface area contributed by atoms with E-state index in [0.717, 1.165) is 17.7 Å². The van der Waals surface area contributed by atoms with Crippen LogP contribution in [0.25, 0.3) is 5.69 Å². The fourth-order valence-electron chi connectivity index (χ4n) is 5.68. The first-order valence-electron chi connectivity index (χ1n) is 16.9. The van der Waals surface area contributed by atoms with Crippen LogP contribution in [0.3, 0.4) is 0 Å². The average Bonchev–Trinajstić information content (AvgIpc) is 3.80. The highest BCUT2D eigenvalue weighted by Gasteiger charge is 2.37. The molecule has 19 heteroatoms. The molecular weight excluding hydrogens is 695 g/mol. The minimum Gasteiger partial charge on any atom is -0.481 e. The Labute approximate surface area is 297 Å². The molecule has 0 saturated carbocycles. The standard InChI is InChI=1S/C33H42F3N7O9/c1-2-3-18-51-32(50)41-16-14-40(15-17-41)31(49)23(11-12-28(45)46)38-29(47)24-19-27(43(39-24)22-8-5-4-6-9-22)52-20-26(44)42-13-7-10-25(42)30(48)37-21-33(34,35)36/h4-6,8-9,19,23,25H,2-3,7,10-18,20-21H2,1H3,(H,37,48)(H,38,47)(H,45,46)/t23-,25-/m0/s1. The van der Waals surface area contributed by atoms with Crippen LogP contribution in [-0.4, -0.2) is 136 Å². The molecule has 0 spiro atoms. The van der Waals surface area contributed by atoms with E-state index in [1.54, 1.807) is 35.6 Å². The van der Waals surface area contributed by atoms with E-state index in [1.165, 1.54) is 20.5 Å². The number of nitrogens with one attached hydrogen (secondary N) is 2. The topological polar surface area (TPSA) is 193 Å². The summed E-state index contributed by atoms with van der Waals surface area (Å²) in [6.45, 7) is 0.858. The van der Waals surface area contributed by atoms with Crippen LogP contribution in [0.4, 0.5) is 18.0 Å². The van der Waals surface area contributed by atoms with Crippen molar-refractivity contribution in [3.63, 3.8) is 0 Å². The first-order chi connectivity index (χ1) is 24.8. The summed E-state index contributed by atoms with van der Waals surface area (Å²) in [7, 11) is 0. The Morgan fingerprint density at radius 3 is 2.37 bits per heavy atom. The number of alkyl halides is 3. The molecule has 2 aliphatic rings. The summed E-state index contributed by atoms with van der Waals surface area (Å²) >= 11 is 0. The molecule has 2 saturated heterocycles. The molecule has 16 nitrogen and oxygen atoms in total. The number of unbranched alkanes of at least 4 members (excludes halogenated alkanes) is 1. The molecule has 5 amide bonds. The third-order valence-corrected chi connectivity index (χ3v) is 8.42. The Morgan fingerprint density at radius 1 is 1.02 bits per heavy atom. The highest BCUT2D eigenvalue weighted by molar-refractivity contribution is 5.96. The minimum absolute atomic E-state index is 0.0719. The predicted octanol–water partition coefficient (Wildman–Crippen LogP) is 1.96. The lowest BCUT2D eigenvalue weighted by Crippen LogP contribution is -2.56.